The molecule has 1 N–H and O–H groups in total. The maximum absolute atomic E-state index is 12.4. The molecule has 0 unspecified atom stereocenters. The molecule has 0 saturated heterocycles. The summed E-state index contributed by atoms with van der Waals surface area (Å²) < 4.78 is 5.07. The van der Waals surface area contributed by atoms with Gasteiger partial charge in [-0.25, -0.2) is 0 Å². The van der Waals surface area contributed by atoms with Gasteiger partial charge in [0.25, 0.3) is 0 Å². The first-order valence-electron chi connectivity index (χ1n) is 7.55. The van der Waals surface area contributed by atoms with Crippen LogP contribution in [0.25, 0.3) is 0 Å². The monoisotopic (exact) mass is 306 g/mol. The van der Waals surface area contributed by atoms with Crippen LogP contribution in [0.2, 0.25) is 0 Å². The number of benzene rings is 1. The summed E-state index contributed by atoms with van der Waals surface area (Å²) in [6.07, 6.45) is 0.358. The van der Waals surface area contributed by atoms with Crippen LogP contribution in [-0.2, 0) is 20.7 Å². The van der Waals surface area contributed by atoms with Crippen LogP contribution < -0.4 is 5.32 Å². The highest BCUT2D eigenvalue weighted by Crippen LogP contribution is 2.11. The van der Waals surface area contributed by atoms with Gasteiger partial charge < -0.3 is 15.0 Å². The average molecular weight is 306 g/mol. The normalized spacial score (nSPS) is 10.6. The molecule has 122 valence electrons. The molecule has 5 heteroatoms. The molecular formula is C17H26N2O3. The summed E-state index contributed by atoms with van der Waals surface area (Å²) in [6.45, 7) is 7.53. The lowest BCUT2D eigenvalue weighted by Crippen LogP contribution is -2.37. The molecule has 0 aliphatic heterocycles. The van der Waals surface area contributed by atoms with Crippen molar-refractivity contribution in [2.45, 2.75) is 27.2 Å². The van der Waals surface area contributed by atoms with Crippen LogP contribution in [0.1, 0.15) is 26.3 Å². The minimum Gasteiger partial charge on any atom is -0.383 e. The second-order valence-corrected chi connectivity index (χ2v) is 5.78. The summed E-state index contributed by atoms with van der Waals surface area (Å²) in [5.74, 6) is 0.410. The Kier molecular flexibility index (Phi) is 7.60. The van der Waals surface area contributed by atoms with E-state index in [4.69, 9.17) is 4.74 Å². The van der Waals surface area contributed by atoms with Crippen molar-refractivity contribution in [2.24, 2.45) is 5.92 Å². The van der Waals surface area contributed by atoms with Crippen LogP contribution in [0.4, 0.5) is 5.69 Å². The number of nitrogens with one attached hydrogen (secondary N) is 1. The first kappa shape index (κ1) is 18.2. The molecule has 0 saturated carbocycles. The molecule has 0 aliphatic rings. The maximum Gasteiger partial charge on any atom is 0.227 e. The molecule has 5 nitrogen and oxygen atoms in total. The summed E-state index contributed by atoms with van der Waals surface area (Å²) in [5, 5.41) is 2.71. The maximum atomic E-state index is 12.4. The Labute approximate surface area is 132 Å². The second-order valence-electron chi connectivity index (χ2n) is 5.78. The Bertz CT molecular complexity index is 483. The minimum atomic E-state index is -0.105. The number of carbonyl (C=O) groups is 2. The summed E-state index contributed by atoms with van der Waals surface area (Å²) in [6, 6.07) is 7.36. The van der Waals surface area contributed by atoms with Crippen LogP contribution in [0.3, 0.4) is 0 Å². The Hall–Kier alpha value is -1.88. The molecule has 0 aromatic heterocycles. The van der Waals surface area contributed by atoms with Crippen LogP contribution in [0, 0.1) is 5.92 Å². The van der Waals surface area contributed by atoms with Gasteiger partial charge in [0.15, 0.2) is 0 Å². The van der Waals surface area contributed by atoms with Crippen molar-refractivity contribution in [1.29, 1.82) is 0 Å². The Morgan fingerprint density at radius 3 is 2.36 bits per heavy atom. The fraction of sp³-hybridized carbons (Fsp3) is 0.529. The van der Waals surface area contributed by atoms with Crippen molar-refractivity contribution < 1.29 is 14.3 Å². The molecule has 0 bridgehead atoms. The third kappa shape index (κ3) is 6.72. The molecule has 1 rings (SSSR count). The van der Waals surface area contributed by atoms with Gasteiger partial charge in [0.05, 0.1) is 13.0 Å². The van der Waals surface area contributed by atoms with Crippen LogP contribution >= 0.6 is 0 Å². The van der Waals surface area contributed by atoms with Gasteiger partial charge in [0.2, 0.25) is 11.8 Å². The highest BCUT2D eigenvalue weighted by Gasteiger charge is 2.15. The van der Waals surface area contributed by atoms with E-state index < -0.39 is 0 Å². The highest BCUT2D eigenvalue weighted by molar-refractivity contribution is 5.88. The molecular weight excluding hydrogens is 280 g/mol. The van der Waals surface area contributed by atoms with Crippen molar-refractivity contribution in [2.75, 3.05) is 32.1 Å². The summed E-state index contributed by atoms with van der Waals surface area (Å²) >= 11 is 0. The Morgan fingerprint density at radius 1 is 1.23 bits per heavy atom. The van der Waals surface area contributed by atoms with E-state index in [1.54, 1.807) is 7.11 Å². The first-order valence-corrected chi connectivity index (χ1v) is 7.55. The van der Waals surface area contributed by atoms with Gasteiger partial charge in [-0.2, -0.15) is 0 Å². The number of hydrogen-bond donors (Lipinski definition) is 1. The number of methoxy groups -OCH3 is 1. The zero-order valence-corrected chi connectivity index (χ0v) is 13.9. The zero-order valence-electron chi connectivity index (χ0n) is 13.9. The Morgan fingerprint density at radius 2 is 1.86 bits per heavy atom. The van der Waals surface area contributed by atoms with Gasteiger partial charge in [0.1, 0.15) is 0 Å². The van der Waals surface area contributed by atoms with Gasteiger partial charge >= 0.3 is 0 Å². The quantitative estimate of drug-likeness (QED) is 0.802. The SMILES string of the molecule is COCCN(CC(C)C)C(=O)Cc1ccc(NC(C)=O)cc1. The second kappa shape index (κ2) is 9.20. The van der Waals surface area contributed by atoms with E-state index in [1.807, 2.05) is 29.2 Å². The molecule has 0 aliphatic carbocycles. The van der Waals surface area contributed by atoms with E-state index in [-0.39, 0.29) is 11.8 Å². The predicted octanol–water partition coefficient (Wildman–Crippen LogP) is 2.32. The summed E-state index contributed by atoms with van der Waals surface area (Å²) in [4.78, 5) is 25.2. The van der Waals surface area contributed by atoms with Crippen molar-refractivity contribution in [3.8, 4) is 0 Å². The molecule has 0 heterocycles. The number of carbonyl (C=O) groups excluding carboxylic acids is 2. The van der Waals surface area contributed by atoms with E-state index in [2.05, 4.69) is 19.2 Å². The molecule has 22 heavy (non-hydrogen) atoms. The Balaban J connectivity index is 2.65. The fourth-order valence-corrected chi connectivity index (χ4v) is 2.16. The fourth-order valence-electron chi connectivity index (χ4n) is 2.16. The number of anilines is 1. The molecule has 0 radical (unpaired) electrons. The lowest BCUT2D eigenvalue weighted by Gasteiger charge is -2.24. The number of amides is 2. The third-order valence-corrected chi connectivity index (χ3v) is 3.13. The van der Waals surface area contributed by atoms with E-state index in [9.17, 15) is 9.59 Å². The smallest absolute Gasteiger partial charge is 0.227 e. The standard InChI is InChI=1S/C17H26N2O3/c1-13(2)12-19(9-10-22-4)17(21)11-15-5-7-16(8-6-15)18-14(3)20/h5-8,13H,9-12H2,1-4H3,(H,18,20). The number of ether oxygens (including phenoxy) is 1. The number of rotatable bonds is 8. The van der Waals surface area contributed by atoms with E-state index >= 15 is 0 Å². The first-order chi connectivity index (χ1) is 10.4. The predicted molar refractivity (Wildman–Crippen MR) is 87.7 cm³/mol. The average Bonchev–Trinajstić information content (AvgIpc) is 2.44. The summed E-state index contributed by atoms with van der Waals surface area (Å²) in [7, 11) is 1.64. The largest absolute Gasteiger partial charge is 0.383 e. The van der Waals surface area contributed by atoms with Crippen molar-refractivity contribution >= 4 is 17.5 Å². The lowest BCUT2D eigenvalue weighted by molar-refractivity contribution is -0.131. The van der Waals surface area contributed by atoms with Gasteiger partial charge in [-0.15, -0.1) is 0 Å². The van der Waals surface area contributed by atoms with E-state index in [0.717, 1.165) is 17.8 Å². The van der Waals surface area contributed by atoms with Gasteiger partial charge in [-0.1, -0.05) is 26.0 Å². The molecule has 2 amide bonds. The van der Waals surface area contributed by atoms with Gasteiger partial charge in [-0.05, 0) is 23.6 Å². The molecule has 0 atom stereocenters. The summed E-state index contributed by atoms with van der Waals surface area (Å²) in [5.41, 5.74) is 1.67. The van der Waals surface area contributed by atoms with Crippen LogP contribution in [-0.4, -0.2) is 43.5 Å². The molecule has 1 aromatic carbocycles. The lowest BCUT2D eigenvalue weighted by atomic mass is 10.1. The zero-order chi connectivity index (χ0) is 16.5. The van der Waals surface area contributed by atoms with Gasteiger partial charge in [0, 0.05) is 32.8 Å². The molecule has 1 aromatic rings. The van der Waals surface area contributed by atoms with Crippen LogP contribution in [0.15, 0.2) is 24.3 Å². The third-order valence-electron chi connectivity index (χ3n) is 3.13. The minimum absolute atomic E-state index is 0.0954. The molecule has 0 spiro atoms. The van der Waals surface area contributed by atoms with Gasteiger partial charge in [-0.3, -0.25) is 9.59 Å². The van der Waals surface area contributed by atoms with Crippen molar-refractivity contribution in [1.82, 2.24) is 4.90 Å². The molecule has 0 fully saturated rings. The van der Waals surface area contributed by atoms with E-state index in [1.165, 1.54) is 6.92 Å². The van der Waals surface area contributed by atoms with Crippen molar-refractivity contribution in [3.05, 3.63) is 29.8 Å². The number of nitrogens with zero attached hydrogens (tertiary/aromatic N) is 1. The van der Waals surface area contributed by atoms with E-state index in [0.29, 0.717) is 25.5 Å². The van der Waals surface area contributed by atoms with Crippen molar-refractivity contribution in [3.63, 3.8) is 0 Å². The number of hydrogen-bond acceptors (Lipinski definition) is 3. The van der Waals surface area contributed by atoms with Crippen LogP contribution in [0.5, 0.6) is 0 Å². The topological polar surface area (TPSA) is 58.6 Å². The highest BCUT2D eigenvalue weighted by atomic mass is 16.5.